The normalized spacial score (nSPS) is 22.3. The van der Waals surface area contributed by atoms with Gasteiger partial charge in [0.15, 0.2) is 0 Å². The van der Waals surface area contributed by atoms with Crippen molar-refractivity contribution in [3.63, 3.8) is 0 Å². The van der Waals surface area contributed by atoms with Crippen molar-refractivity contribution in [3.05, 3.63) is 35.4 Å². The molecule has 0 unspecified atom stereocenters. The molecule has 4 rings (SSSR count). The molecule has 2 heterocycles. The number of ether oxygens (including phenoxy) is 1. The van der Waals surface area contributed by atoms with Crippen molar-refractivity contribution in [3.8, 4) is 11.5 Å². The lowest BCUT2D eigenvalue weighted by Crippen LogP contribution is -2.53. The van der Waals surface area contributed by atoms with Gasteiger partial charge in [0.1, 0.15) is 35.3 Å². The van der Waals surface area contributed by atoms with Crippen molar-refractivity contribution in [2.24, 2.45) is 0 Å². The molecule has 1 saturated carbocycles. The number of benzene rings is 1. The van der Waals surface area contributed by atoms with Gasteiger partial charge in [0, 0.05) is 18.9 Å². The molecule has 0 spiro atoms. The Labute approximate surface area is 154 Å². The second kappa shape index (κ2) is 6.84. The van der Waals surface area contributed by atoms with E-state index in [1.807, 2.05) is 0 Å². The summed E-state index contributed by atoms with van der Waals surface area (Å²) in [7, 11) is -1.48. The van der Waals surface area contributed by atoms with Crippen LogP contribution in [0.2, 0.25) is 5.82 Å². The van der Waals surface area contributed by atoms with Crippen molar-refractivity contribution in [1.82, 2.24) is 20.1 Å². The number of H-pyrrole nitrogens is 1. The Hall–Kier alpha value is -2.63. The maximum absolute atomic E-state index is 11.6. The smallest absolute Gasteiger partial charge is 0.455 e. The fraction of sp³-hybridized carbons (Fsp3) is 0.438. The minimum Gasteiger partial charge on any atom is -0.507 e. The molecule has 2 atom stereocenters. The maximum atomic E-state index is 11.6. The highest BCUT2D eigenvalue weighted by Gasteiger charge is 2.48. The van der Waals surface area contributed by atoms with E-state index in [4.69, 9.17) is 4.74 Å². The summed E-state index contributed by atoms with van der Waals surface area (Å²) in [6.07, 6.45) is 1.74. The molecule has 2 aromatic rings. The number of aromatic amines is 1. The molecule has 2 aliphatic rings. The predicted octanol–water partition coefficient (Wildman–Crippen LogP) is -0.198. The molecule has 10 nitrogen and oxygen atoms in total. The number of rotatable bonds is 7. The number of carboxylic acids is 1. The second-order valence-corrected chi connectivity index (χ2v) is 6.97. The maximum Gasteiger partial charge on any atom is 0.455 e. The fourth-order valence-corrected chi connectivity index (χ4v) is 3.52. The molecular formula is C16H19BN4O6. The lowest BCUT2D eigenvalue weighted by molar-refractivity contribution is 0.0120. The number of hydrogen-bond donors (Lipinski definition) is 5. The highest BCUT2D eigenvalue weighted by Crippen LogP contribution is 2.56. The Balaban J connectivity index is 1.44. The van der Waals surface area contributed by atoms with Gasteiger partial charge in [0.05, 0.1) is 6.54 Å². The van der Waals surface area contributed by atoms with Gasteiger partial charge in [0.2, 0.25) is 0 Å². The van der Waals surface area contributed by atoms with Gasteiger partial charge in [-0.3, -0.25) is 10.00 Å². The molecule has 0 radical (unpaired) electrons. The summed E-state index contributed by atoms with van der Waals surface area (Å²) in [5, 5.41) is 45.0. The van der Waals surface area contributed by atoms with Gasteiger partial charge in [-0.2, -0.15) is 5.10 Å². The van der Waals surface area contributed by atoms with Crippen LogP contribution in [0.5, 0.6) is 11.5 Å². The van der Waals surface area contributed by atoms with Gasteiger partial charge in [0.25, 0.3) is 0 Å². The number of likely N-dealkylation sites (tertiary alicyclic amines) is 1. The highest BCUT2D eigenvalue weighted by molar-refractivity contribution is 6.44. The van der Waals surface area contributed by atoms with Crippen molar-refractivity contribution in [2.75, 3.05) is 13.1 Å². The third kappa shape index (κ3) is 3.48. The molecule has 27 heavy (non-hydrogen) atoms. The number of aromatic nitrogens is 3. The molecule has 1 aromatic heterocycles. The predicted molar refractivity (Wildman–Crippen MR) is 92.4 cm³/mol. The Morgan fingerprint density at radius 2 is 2.15 bits per heavy atom. The summed E-state index contributed by atoms with van der Waals surface area (Å²) in [4.78, 5) is 17.8. The van der Waals surface area contributed by atoms with Gasteiger partial charge in [-0.25, -0.2) is 9.78 Å². The van der Waals surface area contributed by atoms with E-state index in [2.05, 4.69) is 20.1 Å². The Kier molecular flexibility index (Phi) is 4.50. The number of carboxylic acid groups (broad SMARTS) is 1. The van der Waals surface area contributed by atoms with Gasteiger partial charge in [-0.1, -0.05) is 6.07 Å². The molecule has 2 fully saturated rings. The molecule has 5 N–H and O–H groups in total. The number of hydrogen-bond acceptors (Lipinski definition) is 8. The van der Waals surface area contributed by atoms with E-state index >= 15 is 0 Å². The molecule has 0 amide bonds. The number of aromatic carboxylic acids is 1. The SMILES string of the molecule is O=C(O)c1c(OC2CN(Cc3ncn[nH]3)C2)ccc([C@@H]2C[C@@H]2B(O)O)c1O. The molecule has 1 aliphatic heterocycles. The number of phenols is 1. The van der Waals surface area contributed by atoms with Gasteiger partial charge in [-0.15, -0.1) is 0 Å². The lowest BCUT2D eigenvalue weighted by Gasteiger charge is -2.38. The Morgan fingerprint density at radius 3 is 2.74 bits per heavy atom. The van der Waals surface area contributed by atoms with E-state index < -0.39 is 13.1 Å². The zero-order valence-corrected chi connectivity index (χ0v) is 14.3. The average molecular weight is 374 g/mol. The van der Waals surface area contributed by atoms with Crippen LogP contribution < -0.4 is 4.74 Å². The van der Waals surface area contributed by atoms with Crippen LogP contribution in [0.1, 0.15) is 34.1 Å². The van der Waals surface area contributed by atoms with E-state index in [0.717, 1.165) is 5.82 Å². The van der Waals surface area contributed by atoms with Crippen LogP contribution in [-0.4, -0.2) is 72.6 Å². The largest absolute Gasteiger partial charge is 0.507 e. The average Bonchev–Trinajstić information content (AvgIpc) is 3.20. The molecule has 1 saturated heterocycles. The molecular weight excluding hydrogens is 355 g/mol. The summed E-state index contributed by atoms with van der Waals surface area (Å²) < 4.78 is 5.77. The van der Waals surface area contributed by atoms with Crippen LogP contribution in [0.4, 0.5) is 0 Å². The first-order valence-electron chi connectivity index (χ1n) is 8.62. The minimum atomic E-state index is -1.48. The summed E-state index contributed by atoms with van der Waals surface area (Å²) in [6.45, 7) is 1.80. The topological polar surface area (TPSA) is 152 Å². The first kappa shape index (κ1) is 17.8. The van der Waals surface area contributed by atoms with Crippen LogP contribution in [0, 0.1) is 0 Å². The van der Waals surface area contributed by atoms with Crippen LogP contribution in [-0.2, 0) is 6.54 Å². The van der Waals surface area contributed by atoms with Gasteiger partial charge >= 0.3 is 13.1 Å². The monoisotopic (exact) mass is 374 g/mol. The van der Waals surface area contributed by atoms with Gasteiger partial charge < -0.3 is 25.0 Å². The van der Waals surface area contributed by atoms with E-state index in [9.17, 15) is 25.1 Å². The summed E-state index contributed by atoms with van der Waals surface area (Å²) >= 11 is 0. The van der Waals surface area contributed by atoms with Crippen LogP contribution in [0.15, 0.2) is 18.5 Å². The zero-order valence-electron chi connectivity index (χ0n) is 14.3. The van der Waals surface area contributed by atoms with Crippen molar-refractivity contribution in [2.45, 2.75) is 30.8 Å². The third-order valence-corrected chi connectivity index (χ3v) is 5.06. The molecule has 1 aliphatic carbocycles. The van der Waals surface area contributed by atoms with Crippen LogP contribution >= 0.6 is 0 Å². The van der Waals surface area contributed by atoms with Crippen LogP contribution in [0.3, 0.4) is 0 Å². The first-order valence-corrected chi connectivity index (χ1v) is 8.62. The molecule has 142 valence electrons. The number of carbonyl (C=O) groups is 1. The number of nitrogens with one attached hydrogen (secondary N) is 1. The minimum absolute atomic E-state index is 0.106. The zero-order chi connectivity index (χ0) is 19.1. The van der Waals surface area contributed by atoms with E-state index in [0.29, 0.717) is 31.6 Å². The van der Waals surface area contributed by atoms with Gasteiger partial charge in [-0.05, 0) is 24.0 Å². The Bertz CT molecular complexity index is 840. The summed E-state index contributed by atoms with van der Waals surface area (Å²) in [5.41, 5.74) is 0.109. The fourth-order valence-electron chi connectivity index (χ4n) is 3.52. The Morgan fingerprint density at radius 1 is 1.37 bits per heavy atom. The number of nitrogens with zero attached hydrogens (tertiary/aromatic N) is 3. The summed E-state index contributed by atoms with van der Waals surface area (Å²) in [5.74, 6) is -1.46. The molecule has 11 heteroatoms. The quantitative estimate of drug-likeness (QED) is 0.415. The summed E-state index contributed by atoms with van der Waals surface area (Å²) in [6, 6.07) is 3.12. The second-order valence-electron chi connectivity index (χ2n) is 6.97. The van der Waals surface area contributed by atoms with Crippen molar-refractivity contribution in [1.29, 1.82) is 0 Å². The van der Waals surface area contributed by atoms with Crippen molar-refractivity contribution < 1.29 is 29.8 Å². The van der Waals surface area contributed by atoms with E-state index in [-0.39, 0.29) is 34.9 Å². The van der Waals surface area contributed by atoms with E-state index in [1.165, 1.54) is 12.4 Å². The van der Waals surface area contributed by atoms with Crippen molar-refractivity contribution >= 4 is 13.1 Å². The molecule has 1 aromatic carbocycles. The highest BCUT2D eigenvalue weighted by atomic mass is 16.5. The first-order chi connectivity index (χ1) is 12.9. The number of aromatic hydroxyl groups is 1. The lowest BCUT2D eigenvalue weighted by atomic mass is 9.81. The molecule has 0 bridgehead atoms. The van der Waals surface area contributed by atoms with Crippen LogP contribution in [0.25, 0.3) is 0 Å². The standard InChI is InChI=1S/C16H19BN4O6/c22-15-9(10-3-11(10)17(25)26)1-2-12(14(15)16(23)24)27-8-4-21(5-8)6-13-18-7-19-20-13/h1-2,7-8,10-11,22,25-26H,3-6H2,(H,23,24)(H,18,19,20)/t10-,11-/m0/s1. The third-order valence-electron chi connectivity index (χ3n) is 5.06. The van der Waals surface area contributed by atoms with E-state index in [1.54, 1.807) is 6.07 Å².